The van der Waals surface area contributed by atoms with Crippen molar-refractivity contribution in [3.63, 3.8) is 0 Å². The van der Waals surface area contributed by atoms with E-state index in [0.29, 0.717) is 19.1 Å². The molecule has 1 aromatic rings. The summed E-state index contributed by atoms with van der Waals surface area (Å²) in [6, 6.07) is 8.18. The molecule has 0 bridgehead atoms. The van der Waals surface area contributed by atoms with Crippen molar-refractivity contribution in [2.24, 2.45) is 0 Å². The highest BCUT2D eigenvalue weighted by Gasteiger charge is 2.14. The molecule has 1 fully saturated rings. The van der Waals surface area contributed by atoms with Crippen LogP contribution in [0.4, 0.5) is 0 Å². The van der Waals surface area contributed by atoms with Crippen LogP contribution in [-0.2, 0) is 4.79 Å². The maximum Gasteiger partial charge on any atom is 0.220 e. The van der Waals surface area contributed by atoms with Gasteiger partial charge in [0.1, 0.15) is 5.75 Å². The first-order chi connectivity index (χ1) is 9.74. The maximum absolute atomic E-state index is 11.7. The van der Waals surface area contributed by atoms with Crippen LogP contribution in [0.3, 0.4) is 0 Å². The SMILES string of the molecule is O=C(CCCOc1cccc(Br)c1)NCC1CCCN1. The van der Waals surface area contributed by atoms with Crippen LogP contribution in [0.15, 0.2) is 28.7 Å². The molecule has 1 aliphatic rings. The van der Waals surface area contributed by atoms with Gasteiger partial charge in [-0.05, 0) is 44.0 Å². The van der Waals surface area contributed by atoms with Gasteiger partial charge in [-0.3, -0.25) is 4.79 Å². The molecule has 2 rings (SSSR count). The lowest BCUT2D eigenvalue weighted by atomic mass is 10.2. The Balaban J connectivity index is 1.55. The van der Waals surface area contributed by atoms with Gasteiger partial charge < -0.3 is 15.4 Å². The average molecular weight is 341 g/mol. The van der Waals surface area contributed by atoms with Crippen LogP contribution in [0.2, 0.25) is 0 Å². The van der Waals surface area contributed by atoms with E-state index in [1.165, 1.54) is 6.42 Å². The number of benzene rings is 1. The fourth-order valence-electron chi connectivity index (χ4n) is 2.24. The summed E-state index contributed by atoms with van der Waals surface area (Å²) >= 11 is 3.40. The molecule has 0 aliphatic carbocycles. The fraction of sp³-hybridized carbons (Fsp3) is 0.533. The Labute approximate surface area is 128 Å². The molecule has 1 aliphatic heterocycles. The predicted octanol–water partition coefficient (Wildman–Crippen LogP) is 2.48. The fourth-order valence-corrected chi connectivity index (χ4v) is 2.61. The van der Waals surface area contributed by atoms with Gasteiger partial charge in [0.2, 0.25) is 5.91 Å². The molecule has 1 amide bonds. The van der Waals surface area contributed by atoms with Crippen molar-refractivity contribution in [3.05, 3.63) is 28.7 Å². The number of carbonyl (C=O) groups excluding carboxylic acids is 1. The van der Waals surface area contributed by atoms with Crippen LogP contribution < -0.4 is 15.4 Å². The van der Waals surface area contributed by atoms with E-state index in [0.717, 1.165) is 36.2 Å². The Morgan fingerprint density at radius 3 is 3.15 bits per heavy atom. The van der Waals surface area contributed by atoms with Crippen LogP contribution in [-0.4, -0.2) is 31.6 Å². The minimum Gasteiger partial charge on any atom is -0.494 e. The molecule has 1 atom stereocenters. The number of carbonyl (C=O) groups is 1. The number of rotatable bonds is 7. The molecule has 0 aromatic heterocycles. The highest BCUT2D eigenvalue weighted by molar-refractivity contribution is 9.10. The molecule has 1 unspecified atom stereocenters. The molecule has 20 heavy (non-hydrogen) atoms. The van der Waals surface area contributed by atoms with E-state index >= 15 is 0 Å². The molecule has 1 saturated heterocycles. The number of amides is 1. The van der Waals surface area contributed by atoms with E-state index < -0.39 is 0 Å². The van der Waals surface area contributed by atoms with Crippen LogP contribution >= 0.6 is 15.9 Å². The summed E-state index contributed by atoms with van der Waals surface area (Å²) in [4.78, 5) is 11.7. The van der Waals surface area contributed by atoms with Crippen molar-refractivity contribution in [2.75, 3.05) is 19.7 Å². The van der Waals surface area contributed by atoms with Gasteiger partial charge in [0, 0.05) is 23.5 Å². The largest absolute Gasteiger partial charge is 0.494 e. The first kappa shape index (κ1) is 15.3. The van der Waals surface area contributed by atoms with E-state index in [1.807, 2.05) is 24.3 Å². The van der Waals surface area contributed by atoms with Crippen LogP contribution in [0, 0.1) is 0 Å². The lowest BCUT2D eigenvalue weighted by molar-refractivity contribution is -0.121. The minimum atomic E-state index is 0.108. The van der Waals surface area contributed by atoms with E-state index in [1.54, 1.807) is 0 Å². The van der Waals surface area contributed by atoms with Gasteiger partial charge in [-0.15, -0.1) is 0 Å². The molecule has 0 saturated carbocycles. The zero-order valence-electron chi connectivity index (χ0n) is 11.5. The minimum absolute atomic E-state index is 0.108. The number of nitrogens with one attached hydrogen (secondary N) is 2. The van der Waals surface area contributed by atoms with Crippen LogP contribution in [0.25, 0.3) is 0 Å². The van der Waals surface area contributed by atoms with Gasteiger partial charge in [0.25, 0.3) is 0 Å². The molecule has 1 heterocycles. The standard InChI is InChI=1S/C15H21BrN2O2/c16-12-4-1-6-14(10-12)20-9-3-7-15(19)18-11-13-5-2-8-17-13/h1,4,6,10,13,17H,2-3,5,7-9,11H2,(H,18,19). The summed E-state index contributed by atoms with van der Waals surface area (Å²) in [5.74, 6) is 0.937. The van der Waals surface area contributed by atoms with Crippen LogP contribution in [0.5, 0.6) is 5.75 Å². The third kappa shape index (κ3) is 5.51. The van der Waals surface area contributed by atoms with Crippen molar-refractivity contribution in [2.45, 2.75) is 31.7 Å². The summed E-state index contributed by atoms with van der Waals surface area (Å²) in [5.41, 5.74) is 0. The Morgan fingerprint density at radius 2 is 2.40 bits per heavy atom. The van der Waals surface area contributed by atoms with Crippen molar-refractivity contribution in [3.8, 4) is 5.75 Å². The van der Waals surface area contributed by atoms with E-state index in [9.17, 15) is 4.79 Å². The molecular weight excluding hydrogens is 320 g/mol. The second kappa shape index (κ2) is 8.27. The molecule has 0 radical (unpaired) electrons. The summed E-state index contributed by atoms with van der Waals surface area (Å²) < 4.78 is 6.59. The van der Waals surface area contributed by atoms with Crippen molar-refractivity contribution in [1.82, 2.24) is 10.6 Å². The lowest BCUT2D eigenvalue weighted by Gasteiger charge is -2.11. The third-order valence-electron chi connectivity index (χ3n) is 3.32. The van der Waals surface area contributed by atoms with Gasteiger partial charge in [-0.1, -0.05) is 22.0 Å². The van der Waals surface area contributed by atoms with Gasteiger partial charge >= 0.3 is 0 Å². The normalized spacial score (nSPS) is 17.9. The van der Waals surface area contributed by atoms with E-state index in [2.05, 4.69) is 26.6 Å². The highest BCUT2D eigenvalue weighted by atomic mass is 79.9. The summed E-state index contributed by atoms with van der Waals surface area (Å²) in [7, 11) is 0. The second-order valence-corrected chi connectivity index (χ2v) is 5.92. The van der Waals surface area contributed by atoms with Crippen molar-refractivity contribution >= 4 is 21.8 Å². The molecule has 2 N–H and O–H groups in total. The third-order valence-corrected chi connectivity index (χ3v) is 3.81. The zero-order chi connectivity index (χ0) is 14.2. The number of halogens is 1. The van der Waals surface area contributed by atoms with Crippen LogP contribution in [0.1, 0.15) is 25.7 Å². The topological polar surface area (TPSA) is 50.4 Å². The summed E-state index contributed by atoms with van der Waals surface area (Å²) in [6.07, 6.45) is 3.62. The molecule has 5 heteroatoms. The quantitative estimate of drug-likeness (QED) is 0.749. The highest BCUT2D eigenvalue weighted by Crippen LogP contribution is 2.17. The molecule has 0 spiro atoms. The lowest BCUT2D eigenvalue weighted by Crippen LogP contribution is -2.37. The molecule has 110 valence electrons. The molecular formula is C15H21BrN2O2. The summed E-state index contributed by atoms with van der Waals surface area (Å²) in [5, 5.41) is 6.33. The van der Waals surface area contributed by atoms with Crippen molar-refractivity contribution < 1.29 is 9.53 Å². The summed E-state index contributed by atoms with van der Waals surface area (Å²) in [6.45, 7) is 2.37. The number of ether oxygens (including phenoxy) is 1. The Kier molecular flexibility index (Phi) is 6.33. The molecule has 1 aromatic carbocycles. The average Bonchev–Trinajstić information content (AvgIpc) is 2.95. The number of hydrogen-bond acceptors (Lipinski definition) is 3. The maximum atomic E-state index is 11.7. The van der Waals surface area contributed by atoms with Gasteiger partial charge in [-0.25, -0.2) is 0 Å². The van der Waals surface area contributed by atoms with Gasteiger partial charge in [-0.2, -0.15) is 0 Å². The van der Waals surface area contributed by atoms with E-state index in [-0.39, 0.29) is 5.91 Å². The zero-order valence-corrected chi connectivity index (χ0v) is 13.1. The van der Waals surface area contributed by atoms with Gasteiger partial charge in [0.15, 0.2) is 0 Å². The van der Waals surface area contributed by atoms with Gasteiger partial charge in [0.05, 0.1) is 6.61 Å². The first-order valence-corrected chi connectivity index (χ1v) is 7.92. The second-order valence-electron chi connectivity index (χ2n) is 5.01. The first-order valence-electron chi connectivity index (χ1n) is 7.12. The predicted molar refractivity (Wildman–Crippen MR) is 82.9 cm³/mol. The van der Waals surface area contributed by atoms with E-state index in [4.69, 9.17) is 4.74 Å². The van der Waals surface area contributed by atoms with Crippen molar-refractivity contribution in [1.29, 1.82) is 0 Å². The smallest absolute Gasteiger partial charge is 0.220 e. The number of hydrogen-bond donors (Lipinski definition) is 2. The molecule has 4 nitrogen and oxygen atoms in total. The monoisotopic (exact) mass is 340 g/mol. The Bertz CT molecular complexity index is 434. The Morgan fingerprint density at radius 1 is 1.50 bits per heavy atom. The Hall–Kier alpha value is -1.07.